The Hall–Kier alpha value is -2.16. The van der Waals surface area contributed by atoms with Gasteiger partial charge < -0.3 is 4.42 Å². The van der Waals surface area contributed by atoms with E-state index in [1.807, 2.05) is 18.2 Å². The number of sulfonamides is 1. The number of rotatable bonds is 4. The molecule has 1 aromatic heterocycles. The van der Waals surface area contributed by atoms with Gasteiger partial charge in [-0.3, -0.25) is 10.0 Å². The number of carbonyl (C=O) groups excluding carboxylic acids is 1. The van der Waals surface area contributed by atoms with E-state index in [1.165, 1.54) is 5.48 Å². The van der Waals surface area contributed by atoms with Crippen LogP contribution < -0.4 is 5.48 Å². The summed E-state index contributed by atoms with van der Waals surface area (Å²) in [6.45, 7) is 0.0822. The van der Waals surface area contributed by atoms with Crippen LogP contribution in [0.2, 0.25) is 0 Å². The average Bonchev–Trinajstić information content (AvgIpc) is 3.17. The van der Waals surface area contributed by atoms with Gasteiger partial charge in [-0.05, 0) is 24.1 Å². The van der Waals surface area contributed by atoms with E-state index in [1.54, 1.807) is 24.5 Å². The van der Waals surface area contributed by atoms with Crippen LogP contribution in [0.1, 0.15) is 12.0 Å². The quantitative estimate of drug-likeness (QED) is 0.648. The number of amides is 1. The number of nitrogens with zero attached hydrogens (tertiary/aromatic N) is 1. The Kier molecular flexibility index (Phi) is 4.20. The molecular weight excluding hydrogens is 320 g/mol. The molecule has 3 rings (SSSR count). The van der Waals surface area contributed by atoms with Gasteiger partial charge in [-0.1, -0.05) is 24.3 Å². The smallest absolute Gasteiger partial charge is 0.261 e. The highest BCUT2D eigenvalue weighted by Gasteiger charge is 2.41. The fourth-order valence-corrected chi connectivity index (χ4v) is 4.35. The first kappa shape index (κ1) is 15.7. The Morgan fingerprint density at radius 2 is 2.04 bits per heavy atom. The van der Waals surface area contributed by atoms with Crippen LogP contribution in [0, 0.1) is 0 Å². The second kappa shape index (κ2) is 6.15. The van der Waals surface area contributed by atoms with E-state index in [4.69, 9.17) is 9.62 Å². The van der Waals surface area contributed by atoms with Gasteiger partial charge in [0.25, 0.3) is 5.91 Å². The van der Waals surface area contributed by atoms with Crippen molar-refractivity contribution < 1.29 is 22.8 Å². The minimum Gasteiger partial charge on any atom is -0.464 e. The number of furan rings is 1. The van der Waals surface area contributed by atoms with E-state index >= 15 is 0 Å². The number of benzene rings is 1. The van der Waals surface area contributed by atoms with Gasteiger partial charge in [0.1, 0.15) is 11.8 Å². The standard InChI is InChI=1S/C15H16N2O5S/c18-15(16-19)13-7-9-23(20,21)17(13)10-11-3-5-12(6-4-11)14-2-1-8-22-14/h1-6,8,13,19H,7,9-10H2,(H,16,18)/t13-/m0/s1. The lowest BCUT2D eigenvalue weighted by atomic mass is 10.1. The molecule has 0 spiro atoms. The van der Waals surface area contributed by atoms with Crippen LogP contribution >= 0.6 is 0 Å². The molecule has 1 amide bonds. The molecule has 23 heavy (non-hydrogen) atoms. The lowest BCUT2D eigenvalue weighted by Gasteiger charge is -2.21. The Bertz CT molecular complexity index is 784. The third kappa shape index (κ3) is 3.14. The fraction of sp³-hybridized carbons (Fsp3) is 0.267. The summed E-state index contributed by atoms with van der Waals surface area (Å²) in [6, 6.07) is 9.99. The van der Waals surface area contributed by atoms with E-state index in [0.717, 1.165) is 21.2 Å². The van der Waals surface area contributed by atoms with Crippen LogP contribution in [0.25, 0.3) is 11.3 Å². The van der Waals surface area contributed by atoms with Crippen LogP contribution in [0.3, 0.4) is 0 Å². The molecule has 1 saturated heterocycles. The van der Waals surface area contributed by atoms with Gasteiger partial charge in [-0.15, -0.1) is 0 Å². The van der Waals surface area contributed by atoms with Crippen molar-refractivity contribution in [3.05, 3.63) is 48.2 Å². The minimum absolute atomic E-state index is 0.0822. The molecule has 2 aromatic rings. The highest BCUT2D eigenvalue weighted by atomic mass is 32.2. The van der Waals surface area contributed by atoms with Gasteiger partial charge in [0.05, 0.1) is 12.0 Å². The molecule has 0 unspecified atom stereocenters. The molecule has 1 atom stereocenters. The number of hydroxylamine groups is 1. The molecule has 8 heteroatoms. The van der Waals surface area contributed by atoms with Crippen molar-refractivity contribution in [1.82, 2.24) is 9.79 Å². The van der Waals surface area contributed by atoms with Crippen LogP contribution in [0.15, 0.2) is 47.1 Å². The van der Waals surface area contributed by atoms with Gasteiger partial charge in [0, 0.05) is 12.1 Å². The minimum atomic E-state index is -3.50. The van der Waals surface area contributed by atoms with Crippen LogP contribution in [0.5, 0.6) is 0 Å². The summed E-state index contributed by atoms with van der Waals surface area (Å²) in [5.41, 5.74) is 3.16. The summed E-state index contributed by atoms with van der Waals surface area (Å²) in [7, 11) is -3.50. The molecule has 122 valence electrons. The zero-order chi connectivity index (χ0) is 16.4. The molecular formula is C15H16N2O5S. The lowest BCUT2D eigenvalue weighted by Crippen LogP contribution is -2.43. The normalized spacial score (nSPS) is 20.5. The summed E-state index contributed by atoms with van der Waals surface area (Å²) in [5.74, 6) is -0.0867. The maximum Gasteiger partial charge on any atom is 0.261 e. The van der Waals surface area contributed by atoms with Crippen molar-refractivity contribution in [2.45, 2.75) is 19.0 Å². The number of nitrogens with one attached hydrogen (secondary N) is 1. The third-order valence-electron chi connectivity index (χ3n) is 3.87. The highest BCUT2D eigenvalue weighted by molar-refractivity contribution is 7.89. The summed E-state index contributed by atoms with van der Waals surface area (Å²) < 4.78 is 30.6. The van der Waals surface area contributed by atoms with E-state index < -0.39 is 22.0 Å². The molecule has 7 nitrogen and oxygen atoms in total. The van der Waals surface area contributed by atoms with Crippen molar-refractivity contribution in [3.63, 3.8) is 0 Å². The third-order valence-corrected chi connectivity index (χ3v) is 5.71. The van der Waals surface area contributed by atoms with Crippen molar-refractivity contribution >= 4 is 15.9 Å². The Morgan fingerprint density at radius 3 is 2.65 bits per heavy atom. The van der Waals surface area contributed by atoms with Gasteiger partial charge in [-0.2, -0.15) is 4.31 Å². The number of hydrogen-bond acceptors (Lipinski definition) is 5. The monoisotopic (exact) mass is 336 g/mol. The second-order valence-corrected chi connectivity index (χ2v) is 7.36. The summed E-state index contributed by atoms with van der Waals surface area (Å²) in [4.78, 5) is 11.6. The maximum absolute atomic E-state index is 12.1. The first-order valence-electron chi connectivity index (χ1n) is 7.07. The summed E-state index contributed by atoms with van der Waals surface area (Å²) in [6.07, 6.45) is 1.75. The highest BCUT2D eigenvalue weighted by Crippen LogP contribution is 2.26. The van der Waals surface area contributed by atoms with E-state index in [-0.39, 0.29) is 18.7 Å². The second-order valence-electron chi connectivity index (χ2n) is 5.32. The topological polar surface area (TPSA) is 99.8 Å². The predicted molar refractivity (Wildman–Crippen MR) is 81.8 cm³/mol. The van der Waals surface area contributed by atoms with Gasteiger partial charge in [0.2, 0.25) is 10.0 Å². The molecule has 0 bridgehead atoms. The molecule has 0 saturated carbocycles. The van der Waals surface area contributed by atoms with Crippen LogP contribution in [-0.2, 0) is 21.4 Å². The van der Waals surface area contributed by atoms with E-state index in [0.29, 0.717) is 0 Å². The summed E-state index contributed by atoms with van der Waals surface area (Å²) in [5, 5.41) is 8.76. The Morgan fingerprint density at radius 1 is 1.30 bits per heavy atom. The van der Waals surface area contributed by atoms with Crippen molar-refractivity contribution in [1.29, 1.82) is 0 Å². The maximum atomic E-state index is 12.1. The van der Waals surface area contributed by atoms with Crippen molar-refractivity contribution in [3.8, 4) is 11.3 Å². The molecule has 2 N–H and O–H groups in total. The number of carbonyl (C=O) groups is 1. The first-order chi connectivity index (χ1) is 11.0. The average molecular weight is 336 g/mol. The molecule has 0 aliphatic carbocycles. The van der Waals surface area contributed by atoms with Crippen LogP contribution in [-0.4, -0.2) is 35.6 Å². The molecule has 0 radical (unpaired) electrons. The van der Waals surface area contributed by atoms with E-state index in [2.05, 4.69) is 0 Å². The molecule has 1 aromatic carbocycles. The van der Waals surface area contributed by atoms with E-state index in [9.17, 15) is 13.2 Å². The predicted octanol–water partition coefficient (Wildman–Crippen LogP) is 1.36. The zero-order valence-electron chi connectivity index (χ0n) is 12.2. The van der Waals surface area contributed by atoms with Gasteiger partial charge >= 0.3 is 0 Å². The molecule has 1 aliphatic heterocycles. The molecule has 1 aliphatic rings. The largest absolute Gasteiger partial charge is 0.464 e. The molecule has 2 heterocycles. The van der Waals surface area contributed by atoms with Crippen molar-refractivity contribution in [2.24, 2.45) is 0 Å². The first-order valence-corrected chi connectivity index (χ1v) is 8.68. The van der Waals surface area contributed by atoms with Crippen molar-refractivity contribution in [2.75, 3.05) is 5.75 Å². The van der Waals surface area contributed by atoms with Gasteiger partial charge in [0.15, 0.2) is 0 Å². The zero-order valence-corrected chi connectivity index (χ0v) is 13.0. The molecule has 1 fully saturated rings. The fourth-order valence-electron chi connectivity index (χ4n) is 2.66. The summed E-state index contributed by atoms with van der Waals surface area (Å²) >= 11 is 0. The Balaban J connectivity index is 1.81. The lowest BCUT2D eigenvalue weighted by molar-refractivity contribution is -0.133. The SMILES string of the molecule is O=C(NO)[C@@H]1CCS(=O)(=O)N1Cc1ccc(-c2ccco2)cc1. The Labute approximate surface area is 133 Å². The van der Waals surface area contributed by atoms with Crippen LogP contribution in [0.4, 0.5) is 0 Å². The number of hydrogen-bond donors (Lipinski definition) is 2. The van der Waals surface area contributed by atoms with Gasteiger partial charge in [-0.25, -0.2) is 13.9 Å².